The standard InChI is InChI=1S/C15H11FO2S/c1-9-6-13(19-8-9)12-7-18-15(17)14(12)10-2-4-11(16)5-3-10/h2-6,8H,7H2,1H3. The Kier molecular flexibility index (Phi) is 2.95. The molecule has 1 aromatic carbocycles. The van der Waals surface area contributed by atoms with Gasteiger partial charge in [-0.15, -0.1) is 11.3 Å². The van der Waals surface area contributed by atoms with E-state index in [1.807, 2.05) is 18.4 Å². The van der Waals surface area contributed by atoms with Crippen molar-refractivity contribution in [3.63, 3.8) is 0 Å². The lowest BCUT2D eigenvalue weighted by Crippen LogP contribution is -1.98. The van der Waals surface area contributed by atoms with Gasteiger partial charge in [-0.2, -0.15) is 0 Å². The van der Waals surface area contributed by atoms with E-state index in [4.69, 9.17) is 4.74 Å². The van der Waals surface area contributed by atoms with Crippen LogP contribution < -0.4 is 0 Å². The van der Waals surface area contributed by atoms with E-state index in [1.165, 1.54) is 12.1 Å². The van der Waals surface area contributed by atoms with Crippen LogP contribution in [-0.2, 0) is 9.53 Å². The number of esters is 1. The molecule has 96 valence electrons. The number of carbonyl (C=O) groups excluding carboxylic acids is 1. The molecule has 1 aromatic heterocycles. The van der Waals surface area contributed by atoms with E-state index < -0.39 is 0 Å². The van der Waals surface area contributed by atoms with Crippen LogP contribution in [0.15, 0.2) is 35.7 Å². The third kappa shape index (κ3) is 2.19. The molecule has 0 fully saturated rings. The van der Waals surface area contributed by atoms with Gasteiger partial charge in [-0.3, -0.25) is 0 Å². The SMILES string of the molecule is Cc1csc(C2=C(c3ccc(F)cc3)C(=O)OC2)c1. The van der Waals surface area contributed by atoms with Crippen LogP contribution in [0.25, 0.3) is 11.1 Å². The van der Waals surface area contributed by atoms with E-state index in [0.717, 1.165) is 16.0 Å². The predicted molar refractivity (Wildman–Crippen MR) is 73.2 cm³/mol. The van der Waals surface area contributed by atoms with Crippen molar-refractivity contribution in [1.82, 2.24) is 0 Å². The summed E-state index contributed by atoms with van der Waals surface area (Å²) in [5.41, 5.74) is 3.28. The number of ether oxygens (including phenoxy) is 1. The first-order chi connectivity index (χ1) is 9.15. The third-order valence-corrected chi connectivity index (χ3v) is 4.12. The summed E-state index contributed by atoms with van der Waals surface area (Å²) in [7, 11) is 0. The summed E-state index contributed by atoms with van der Waals surface area (Å²) in [5.74, 6) is -0.656. The number of rotatable bonds is 2. The van der Waals surface area contributed by atoms with Crippen molar-refractivity contribution in [2.75, 3.05) is 6.61 Å². The Bertz CT molecular complexity index is 668. The summed E-state index contributed by atoms with van der Waals surface area (Å²) in [4.78, 5) is 12.9. The van der Waals surface area contributed by atoms with Crippen molar-refractivity contribution < 1.29 is 13.9 Å². The molecule has 0 unspecified atom stereocenters. The molecule has 0 radical (unpaired) electrons. The summed E-state index contributed by atoms with van der Waals surface area (Å²) in [5, 5.41) is 2.04. The van der Waals surface area contributed by atoms with Crippen LogP contribution in [-0.4, -0.2) is 12.6 Å². The second-order valence-electron chi connectivity index (χ2n) is 4.42. The second-order valence-corrected chi connectivity index (χ2v) is 5.34. The van der Waals surface area contributed by atoms with Crippen LogP contribution in [0.5, 0.6) is 0 Å². The largest absolute Gasteiger partial charge is 0.457 e. The predicted octanol–water partition coefficient (Wildman–Crippen LogP) is 3.66. The fraction of sp³-hybridized carbons (Fsp3) is 0.133. The Hall–Kier alpha value is -1.94. The van der Waals surface area contributed by atoms with E-state index in [0.29, 0.717) is 11.1 Å². The molecule has 1 aliphatic rings. The first kappa shape index (κ1) is 12.1. The van der Waals surface area contributed by atoms with Crippen LogP contribution in [0.1, 0.15) is 16.0 Å². The number of hydrogen-bond donors (Lipinski definition) is 0. The van der Waals surface area contributed by atoms with Gasteiger partial charge in [0.1, 0.15) is 12.4 Å². The maximum Gasteiger partial charge on any atom is 0.339 e. The zero-order valence-corrected chi connectivity index (χ0v) is 11.1. The second kappa shape index (κ2) is 4.63. The van der Waals surface area contributed by atoms with Crippen LogP contribution in [0.4, 0.5) is 4.39 Å². The number of benzene rings is 1. The van der Waals surface area contributed by atoms with Gasteiger partial charge in [-0.25, -0.2) is 9.18 Å². The molecule has 2 aromatic rings. The number of hydrogen-bond acceptors (Lipinski definition) is 3. The van der Waals surface area contributed by atoms with Crippen molar-refractivity contribution in [3.05, 3.63) is 57.5 Å². The van der Waals surface area contributed by atoms with Crippen molar-refractivity contribution in [3.8, 4) is 0 Å². The Balaban J connectivity index is 2.13. The number of halogens is 1. The summed E-state index contributed by atoms with van der Waals surface area (Å²) in [6.07, 6.45) is 0. The first-order valence-electron chi connectivity index (χ1n) is 5.87. The van der Waals surface area contributed by atoms with Crippen molar-refractivity contribution in [2.24, 2.45) is 0 Å². The molecule has 3 rings (SSSR count). The molecule has 0 aliphatic carbocycles. The zero-order valence-electron chi connectivity index (χ0n) is 10.3. The molecule has 0 N–H and O–H groups in total. The monoisotopic (exact) mass is 274 g/mol. The van der Waals surface area contributed by atoms with E-state index >= 15 is 0 Å². The van der Waals surface area contributed by atoms with Gasteiger partial charge in [0.15, 0.2) is 0 Å². The van der Waals surface area contributed by atoms with Gasteiger partial charge in [0, 0.05) is 10.5 Å². The Morgan fingerprint density at radius 2 is 2.00 bits per heavy atom. The maximum atomic E-state index is 13.0. The van der Waals surface area contributed by atoms with Crippen LogP contribution in [0.2, 0.25) is 0 Å². The molecule has 0 saturated heterocycles. The van der Waals surface area contributed by atoms with Crippen molar-refractivity contribution >= 4 is 28.5 Å². The lowest BCUT2D eigenvalue weighted by Gasteiger charge is -2.02. The van der Waals surface area contributed by atoms with Gasteiger partial charge in [-0.05, 0) is 41.6 Å². The Morgan fingerprint density at radius 1 is 1.26 bits per heavy atom. The topological polar surface area (TPSA) is 26.3 Å². The molecule has 2 heterocycles. The Morgan fingerprint density at radius 3 is 2.63 bits per heavy atom. The summed E-state index contributed by atoms with van der Waals surface area (Å²) in [6.45, 7) is 2.29. The van der Waals surface area contributed by atoms with Crippen LogP contribution in [0, 0.1) is 12.7 Å². The summed E-state index contributed by atoms with van der Waals surface area (Å²) >= 11 is 1.59. The van der Waals surface area contributed by atoms with Gasteiger partial charge in [-0.1, -0.05) is 12.1 Å². The van der Waals surface area contributed by atoms with Crippen LogP contribution in [0.3, 0.4) is 0 Å². The number of thiophene rings is 1. The fourth-order valence-electron chi connectivity index (χ4n) is 2.10. The molecule has 0 saturated carbocycles. The molecular weight excluding hydrogens is 263 g/mol. The Labute approximate surface area is 114 Å². The highest BCUT2D eigenvalue weighted by atomic mass is 32.1. The van der Waals surface area contributed by atoms with E-state index in [1.54, 1.807) is 23.5 Å². The highest BCUT2D eigenvalue weighted by molar-refractivity contribution is 7.11. The average molecular weight is 274 g/mol. The lowest BCUT2D eigenvalue weighted by molar-refractivity contribution is -0.133. The average Bonchev–Trinajstić information content (AvgIpc) is 2.97. The highest BCUT2D eigenvalue weighted by Crippen LogP contribution is 2.35. The van der Waals surface area contributed by atoms with E-state index in [2.05, 4.69) is 0 Å². The van der Waals surface area contributed by atoms with Gasteiger partial charge < -0.3 is 4.74 Å². The molecule has 0 atom stereocenters. The smallest absolute Gasteiger partial charge is 0.339 e. The molecule has 0 spiro atoms. The fourth-order valence-corrected chi connectivity index (χ4v) is 3.04. The molecular formula is C15H11FO2S. The molecule has 0 amide bonds. The van der Waals surface area contributed by atoms with Crippen molar-refractivity contribution in [1.29, 1.82) is 0 Å². The van der Waals surface area contributed by atoms with Gasteiger partial charge in [0.2, 0.25) is 0 Å². The third-order valence-electron chi connectivity index (χ3n) is 3.01. The lowest BCUT2D eigenvalue weighted by atomic mass is 10.0. The quantitative estimate of drug-likeness (QED) is 0.781. The number of cyclic esters (lactones) is 1. The summed E-state index contributed by atoms with van der Waals surface area (Å²) in [6, 6.07) is 7.96. The van der Waals surface area contributed by atoms with E-state index in [9.17, 15) is 9.18 Å². The number of carbonyl (C=O) groups is 1. The highest BCUT2D eigenvalue weighted by Gasteiger charge is 2.27. The number of aryl methyl sites for hydroxylation is 1. The molecule has 4 heteroatoms. The molecule has 2 nitrogen and oxygen atoms in total. The molecule has 1 aliphatic heterocycles. The summed E-state index contributed by atoms with van der Waals surface area (Å²) < 4.78 is 18.1. The minimum Gasteiger partial charge on any atom is -0.457 e. The van der Waals surface area contributed by atoms with Crippen LogP contribution >= 0.6 is 11.3 Å². The van der Waals surface area contributed by atoms with Gasteiger partial charge in [0.05, 0.1) is 5.57 Å². The van der Waals surface area contributed by atoms with Gasteiger partial charge >= 0.3 is 5.97 Å². The van der Waals surface area contributed by atoms with E-state index in [-0.39, 0.29) is 18.4 Å². The van der Waals surface area contributed by atoms with Gasteiger partial charge in [0.25, 0.3) is 0 Å². The first-order valence-corrected chi connectivity index (χ1v) is 6.75. The normalized spacial score (nSPS) is 14.9. The minimum atomic E-state index is -0.340. The maximum absolute atomic E-state index is 13.0. The molecule has 0 bridgehead atoms. The molecule has 19 heavy (non-hydrogen) atoms. The van der Waals surface area contributed by atoms with Crippen molar-refractivity contribution in [2.45, 2.75) is 6.92 Å². The minimum absolute atomic E-state index is 0.283. The zero-order chi connectivity index (χ0) is 13.4.